The third-order valence-corrected chi connectivity index (χ3v) is 4.19. The Balaban J connectivity index is 1.77. The average Bonchev–Trinajstić information content (AvgIpc) is 2.60. The fourth-order valence-electron chi connectivity index (χ4n) is 2.75. The van der Waals surface area contributed by atoms with Crippen LogP contribution in [-0.4, -0.2) is 23.0 Å². The molecule has 2 rings (SSSR count). The number of rotatable bonds is 4. The molecule has 136 valence electrons. The number of nitrogens with one attached hydrogen (secondary N) is 3. The van der Waals surface area contributed by atoms with Gasteiger partial charge < -0.3 is 4.74 Å². The summed E-state index contributed by atoms with van der Waals surface area (Å²) in [6.07, 6.45) is 5.22. The fraction of sp³-hybridized carbons (Fsp3) is 0.500. The molecule has 0 radical (unpaired) electrons. The molecule has 7 heteroatoms. The van der Waals surface area contributed by atoms with Gasteiger partial charge in [0, 0.05) is 11.5 Å². The molecule has 0 bridgehead atoms. The van der Waals surface area contributed by atoms with Gasteiger partial charge in [-0.15, -0.1) is 0 Å². The fourth-order valence-corrected chi connectivity index (χ4v) is 2.89. The van der Waals surface area contributed by atoms with Crippen LogP contribution in [0.5, 0.6) is 5.75 Å². The molecule has 1 saturated carbocycles. The van der Waals surface area contributed by atoms with Crippen molar-refractivity contribution in [3.05, 3.63) is 29.8 Å². The van der Waals surface area contributed by atoms with E-state index in [1.165, 1.54) is 6.42 Å². The molecule has 0 atom stereocenters. The molecule has 1 aromatic carbocycles. The second-order valence-electron chi connectivity index (χ2n) is 6.42. The van der Waals surface area contributed by atoms with E-state index in [0.29, 0.717) is 11.3 Å². The van der Waals surface area contributed by atoms with Gasteiger partial charge in [-0.05, 0) is 63.2 Å². The molecule has 1 aromatic rings. The van der Waals surface area contributed by atoms with Crippen molar-refractivity contribution in [3.8, 4) is 5.75 Å². The molecule has 0 aliphatic heterocycles. The van der Waals surface area contributed by atoms with Crippen LogP contribution in [-0.2, 0) is 4.79 Å². The lowest BCUT2D eigenvalue weighted by molar-refractivity contribution is -0.126. The van der Waals surface area contributed by atoms with Gasteiger partial charge in [0.2, 0.25) is 5.91 Å². The number of hydrogen-bond donors (Lipinski definition) is 3. The maximum absolute atomic E-state index is 12.1. The van der Waals surface area contributed by atoms with E-state index >= 15 is 0 Å². The van der Waals surface area contributed by atoms with Crippen molar-refractivity contribution in [2.45, 2.75) is 52.1 Å². The molecule has 6 nitrogen and oxygen atoms in total. The smallest absolute Gasteiger partial charge is 0.257 e. The van der Waals surface area contributed by atoms with Gasteiger partial charge in [-0.1, -0.05) is 19.3 Å². The highest BCUT2D eigenvalue weighted by Crippen LogP contribution is 2.23. The summed E-state index contributed by atoms with van der Waals surface area (Å²) in [6.45, 7) is 3.87. The highest BCUT2D eigenvalue weighted by atomic mass is 32.1. The van der Waals surface area contributed by atoms with Crippen molar-refractivity contribution < 1.29 is 14.3 Å². The first kappa shape index (κ1) is 19.2. The normalized spacial score (nSPS) is 14.7. The number of amides is 2. The minimum atomic E-state index is -0.347. The van der Waals surface area contributed by atoms with E-state index in [2.05, 4.69) is 16.2 Å². The topological polar surface area (TPSA) is 79.5 Å². The average molecular weight is 363 g/mol. The Kier molecular flexibility index (Phi) is 7.18. The zero-order chi connectivity index (χ0) is 18.2. The first-order valence-corrected chi connectivity index (χ1v) is 9.04. The molecule has 1 aliphatic rings. The number of carbonyl (C=O) groups is 2. The Hall–Kier alpha value is -2.15. The highest BCUT2D eigenvalue weighted by molar-refractivity contribution is 7.80. The monoisotopic (exact) mass is 363 g/mol. The molecular weight excluding hydrogens is 338 g/mol. The van der Waals surface area contributed by atoms with Crippen molar-refractivity contribution in [2.75, 3.05) is 0 Å². The van der Waals surface area contributed by atoms with Crippen LogP contribution in [0.3, 0.4) is 0 Å². The maximum Gasteiger partial charge on any atom is 0.257 e. The van der Waals surface area contributed by atoms with Gasteiger partial charge in [0.1, 0.15) is 5.75 Å². The standard InChI is InChI=1S/C18H25N3O3S/c1-12(2)24-15-10-8-14(9-11-15)16(22)19-18(25)21-20-17(23)13-6-4-3-5-7-13/h8-13H,3-7H2,1-2H3,(H,20,23)(H2,19,21,22,25). The molecular formula is C18H25N3O3S. The molecule has 25 heavy (non-hydrogen) atoms. The summed E-state index contributed by atoms with van der Waals surface area (Å²) in [6, 6.07) is 6.79. The van der Waals surface area contributed by atoms with Crippen LogP contribution in [0.25, 0.3) is 0 Å². The Bertz CT molecular complexity index is 610. The van der Waals surface area contributed by atoms with Gasteiger partial charge in [-0.25, -0.2) is 0 Å². The van der Waals surface area contributed by atoms with Crippen LogP contribution in [0.15, 0.2) is 24.3 Å². The Morgan fingerprint density at radius 2 is 1.72 bits per heavy atom. The first-order valence-electron chi connectivity index (χ1n) is 8.63. The SMILES string of the molecule is CC(C)Oc1ccc(C(=O)NC(=S)NNC(=O)C2CCCCC2)cc1. The van der Waals surface area contributed by atoms with Gasteiger partial charge in [0.25, 0.3) is 5.91 Å². The van der Waals surface area contributed by atoms with Crippen LogP contribution in [0.1, 0.15) is 56.3 Å². The Morgan fingerprint density at radius 1 is 1.08 bits per heavy atom. The van der Waals surface area contributed by atoms with Crippen LogP contribution >= 0.6 is 12.2 Å². The van der Waals surface area contributed by atoms with Crippen LogP contribution in [0.2, 0.25) is 0 Å². The summed E-state index contributed by atoms with van der Waals surface area (Å²) in [5.41, 5.74) is 5.63. The van der Waals surface area contributed by atoms with Gasteiger partial charge in [0.05, 0.1) is 6.10 Å². The molecule has 0 spiro atoms. The highest BCUT2D eigenvalue weighted by Gasteiger charge is 2.21. The van der Waals surface area contributed by atoms with Crippen LogP contribution in [0, 0.1) is 5.92 Å². The summed E-state index contributed by atoms with van der Waals surface area (Å²) in [5.74, 6) is 0.298. The summed E-state index contributed by atoms with van der Waals surface area (Å²) in [7, 11) is 0. The van der Waals surface area contributed by atoms with Crippen molar-refractivity contribution in [3.63, 3.8) is 0 Å². The molecule has 1 aliphatic carbocycles. The quantitative estimate of drug-likeness (QED) is 0.566. The van der Waals surface area contributed by atoms with Crippen LogP contribution in [0.4, 0.5) is 0 Å². The lowest BCUT2D eigenvalue weighted by Crippen LogP contribution is -2.50. The maximum atomic E-state index is 12.1. The van der Waals surface area contributed by atoms with E-state index in [4.69, 9.17) is 17.0 Å². The van der Waals surface area contributed by atoms with Crippen molar-refractivity contribution in [2.24, 2.45) is 5.92 Å². The number of hydrazine groups is 1. The van der Waals surface area contributed by atoms with E-state index in [9.17, 15) is 9.59 Å². The number of ether oxygens (including phenoxy) is 1. The molecule has 0 saturated heterocycles. The molecule has 3 N–H and O–H groups in total. The predicted octanol–water partition coefficient (Wildman–Crippen LogP) is 2.69. The molecule has 0 aromatic heterocycles. The van der Waals surface area contributed by atoms with E-state index in [0.717, 1.165) is 25.7 Å². The Labute approximate surface area is 153 Å². The lowest BCUT2D eigenvalue weighted by atomic mass is 9.89. The third kappa shape index (κ3) is 6.34. The zero-order valence-corrected chi connectivity index (χ0v) is 15.4. The van der Waals surface area contributed by atoms with Gasteiger partial charge >= 0.3 is 0 Å². The molecule has 1 fully saturated rings. The molecule has 0 heterocycles. The van der Waals surface area contributed by atoms with Crippen molar-refractivity contribution in [1.29, 1.82) is 0 Å². The number of thiocarbonyl (C=S) groups is 1. The van der Waals surface area contributed by atoms with Crippen molar-refractivity contribution in [1.82, 2.24) is 16.2 Å². The van der Waals surface area contributed by atoms with Gasteiger partial charge in [0.15, 0.2) is 5.11 Å². The minimum Gasteiger partial charge on any atom is -0.491 e. The van der Waals surface area contributed by atoms with E-state index in [1.54, 1.807) is 24.3 Å². The lowest BCUT2D eigenvalue weighted by Gasteiger charge is -2.21. The summed E-state index contributed by atoms with van der Waals surface area (Å²) in [5, 5.41) is 2.61. The summed E-state index contributed by atoms with van der Waals surface area (Å²) < 4.78 is 5.54. The van der Waals surface area contributed by atoms with Gasteiger partial charge in [-0.2, -0.15) is 0 Å². The van der Waals surface area contributed by atoms with E-state index < -0.39 is 0 Å². The second-order valence-corrected chi connectivity index (χ2v) is 6.83. The molecule has 2 amide bonds. The van der Waals surface area contributed by atoms with E-state index in [-0.39, 0.29) is 28.9 Å². The second kappa shape index (κ2) is 9.36. The molecule has 0 unspecified atom stereocenters. The first-order chi connectivity index (χ1) is 12.0. The van der Waals surface area contributed by atoms with Gasteiger partial charge in [-0.3, -0.25) is 25.8 Å². The third-order valence-electron chi connectivity index (χ3n) is 3.99. The van der Waals surface area contributed by atoms with Crippen molar-refractivity contribution >= 4 is 29.1 Å². The van der Waals surface area contributed by atoms with E-state index in [1.807, 2.05) is 13.8 Å². The van der Waals surface area contributed by atoms with Crippen LogP contribution < -0.4 is 20.9 Å². The number of hydrogen-bond acceptors (Lipinski definition) is 4. The predicted molar refractivity (Wildman–Crippen MR) is 100 cm³/mol. The summed E-state index contributed by atoms with van der Waals surface area (Å²) >= 11 is 5.05. The zero-order valence-electron chi connectivity index (χ0n) is 14.6. The minimum absolute atomic E-state index is 0.0215. The Morgan fingerprint density at radius 3 is 2.32 bits per heavy atom. The largest absolute Gasteiger partial charge is 0.491 e. The number of carbonyl (C=O) groups excluding carboxylic acids is 2. The summed E-state index contributed by atoms with van der Waals surface area (Å²) in [4.78, 5) is 24.2. The number of benzene rings is 1.